The van der Waals surface area contributed by atoms with Crippen molar-refractivity contribution in [2.75, 3.05) is 26.1 Å². The molecule has 17 heavy (non-hydrogen) atoms. The number of ether oxygens (including phenoxy) is 2. The SMILES string of the molecule is CCCNC(=O)Nc1ccc(OC)c(OC)c1. The largest absolute Gasteiger partial charge is 0.493 e. The molecule has 1 aromatic rings. The first-order valence-corrected chi connectivity index (χ1v) is 5.48. The van der Waals surface area contributed by atoms with Crippen LogP contribution in [0.3, 0.4) is 0 Å². The van der Waals surface area contributed by atoms with Crippen LogP contribution in [-0.2, 0) is 0 Å². The monoisotopic (exact) mass is 238 g/mol. The average Bonchev–Trinajstić information content (AvgIpc) is 2.36. The van der Waals surface area contributed by atoms with Crippen LogP contribution < -0.4 is 20.1 Å². The van der Waals surface area contributed by atoms with Crippen LogP contribution in [0.2, 0.25) is 0 Å². The predicted molar refractivity (Wildman–Crippen MR) is 66.9 cm³/mol. The summed E-state index contributed by atoms with van der Waals surface area (Å²) in [5, 5.41) is 5.44. The van der Waals surface area contributed by atoms with Gasteiger partial charge in [0, 0.05) is 18.3 Å². The Kier molecular flexibility index (Phi) is 5.13. The number of hydrogen-bond acceptors (Lipinski definition) is 3. The number of rotatable bonds is 5. The standard InChI is InChI=1S/C12H18N2O3/c1-4-7-13-12(15)14-9-5-6-10(16-2)11(8-9)17-3/h5-6,8H,4,7H2,1-3H3,(H2,13,14,15). The highest BCUT2D eigenvalue weighted by Crippen LogP contribution is 2.29. The third-order valence-corrected chi connectivity index (χ3v) is 2.18. The summed E-state index contributed by atoms with van der Waals surface area (Å²) in [6.45, 7) is 2.65. The molecule has 5 nitrogen and oxygen atoms in total. The fourth-order valence-corrected chi connectivity index (χ4v) is 1.33. The number of nitrogens with one attached hydrogen (secondary N) is 2. The predicted octanol–water partition coefficient (Wildman–Crippen LogP) is 2.24. The molecule has 0 bridgehead atoms. The maximum Gasteiger partial charge on any atom is 0.319 e. The van der Waals surface area contributed by atoms with E-state index < -0.39 is 0 Å². The first kappa shape index (κ1) is 13.2. The molecule has 0 unspecified atom stereocenters. The molecular formula is C12H18N2O3. The van der Waals surface area contributed by atoms with Crippen molar-refractivity contribution in [2.24, 2.45) is 0 Å². The third kappa shape index (κ3) is 3.86. The Morgan fingerprint density at radius 2 is 1.94 bits per heavy atom. The summed E-state index contributed by atoms with van der Waals surface area (Å²) < 4.78 is 10.3. The molecule has 2 N–H and O–H groups in total. The molecular weight excluding hydrogens is 220 g/mol. The van der Waals surface area contributed by atoms with Crippen molar-refractivity contribution in [1.82, 2.24) is 5.32 Å². The molecule has 5 heteroatoms. The van der Waals surface area contributed by atoms with E-state index in [0.717, 1.165) is 6.42 Å². The van der Waals surface area contributed by atoms with Gasteiger partial charge in [0.25, 0.3) is 0 Å². The highest BCUT2D eigenvalue weighted by atomic mass is 16.5. The van der Waals surface area contributed by atoms with E-state index in [9.17, 15) is 4.79 Å². The van der Waals surface area contributed by atoms with Crippen molar-refractivity contribution in [2.45, 2.75) is 13.3 Å². The summed E-state index contributed by atoms with van der Waals surface area (Å²) in [6.07, 6.45) is 0.902. The van der Waals surface area contributed by atoms with Gasteiger partial charge in [-0.25, -0.2) is 4.79 Å². The molecule has 1 rings (SSSR count). The minimum atomic E-state index is -0.223. The molecule has 0 aliphatic heterocycles. The van der Waals surface area contributed by atoms with E-state index in [2.05, 4.69) is 10.6 Å². The molecule has 0 fully saturated rings. The summed E-state index contributed by atoms with van der Waals surface area (Å²) in [7, 11) is 3.12. The normalized spacial score (nSPS) is 9.59. The number of carbonyl (C=O) groups is 1. The quantitative estimate of drug-likeness (QED) is 0.827. The highest BCUT2D eigenvalue weighted by Gasteiger charge is 2.06. The zero-order valence-corrected chi connectivity index (χ0v) is 10.4. The highest BCUT2D eigenvalue weighted by molar-refractivity contribution is 5.89. The molecule has 0 atom stereocenters. The van der Waals surface area contributed by atoms with Gasteiger partial charge >= 0.3 is 6.03 Å². The topological polar surface area (TPSA) is 59.6 Å². The smallest absolute Gasteiger partial charge is 0.319 e. The number of hydrogen-bond donors (Lipinski definition) is 2. The summed E-state index contributed by atoms with van der Waals surface area (Å²) in [5.41, 5.74) is 0.663. The molecule has 0 heterocycles. The van der Waals surface area contributed by atoms with E-state index in [1.165, 1.54) is 0 Å². The Morgan fingerprint density at radius 3 is 2.53 bits per heavy atom. The molecule has 94 valence electrons. The Labute approximate surface area is 101 Å². The molecule has 0 aliphatic carbocycles. The van der Waals surface area contributed by atoms with Crippen molar-refractivity contribution in [3.05, 3.63) is 18.2 Å². The van der Waals surface area contributed by atoms with Gasteiger partial charge in [-0.2, -0.15) is 0 Å². The van der Waals surface area contributed by atoms with Gasteiger partial charge in [-0.05, 0) is 18.6 Å². The Hall–Kier alpha value is -1.91. The van der Waals surface area contributed by atoms with Gasteiger partial charge in [0.05, 0.1) is 14.2 Å². The maximum absolute atomic E-state index is 11.4. The lowest BCUT2D eigenvalue weighted by molar-refractivity contribution is 0.252. The first-order chi connectivity index (χ1) is 8.21. The van der Waals surface area contributed by atoms with Crippen molar-refractivity contribution in [3.63, 3.8) is 0 Å². The second-order valence-corrected chi connectivity index (χ2v) is 3.45. The Bertz CT molecular complexity index is 380. The second-order valence-electron chi connectivity index (χ2n) is 3.45. The van der Waals surface area contributed by atoms with Crippen LogP contribution >= 0.6 is 0 Å². The lowest BCUT2D eigenvalue weighted by Crippen LogP contribution is -2.29. The van der Waals surface area contributed by atoms with Crippen molar-refractivity contribution < 1.29 is 14.3 Å². The molecule has 0 spiro atoms. The van der Waals surface area contributed by atoms with Crippen LogP contribution in [0.1, 0.15) is 13.3 Å². The van der Waals surface area contributed by atoms with E-state index in [1.807, 2.05) is 6.92 Å². The van der Waals surface area contributed by atoms with Crippen LogP contribution in [0.4, 0.5) is 10.5 Å². The van der Waals surface area contributed by atoms with Gasteiger partial charge in [-0.3, -0.25) is 0 Å². The third-order valence-electron chi connectivity index (χ3n) is 2.18. The molecule has 0 aliphatic rings. The molecule has 0 saturated carbocycles. The zero-order chi connectivity index (χ0) is 12.7. The van der Waals surface area contributed by atoms with Crippen molar-refractivity contribution in [3.8, 4) is 11.5 Å². The van der Waals surface area contributed by atoms with Crippen molar-refractivity contribution >= 4 is 11.7 Å². The van der Waals surface area contributed by atoms with Crippen molar-refractivity contribution in [1.29, 1.82) is 0 Å². The Balaban J connectivity index is 2.68. The van der Waals surface area contributed by atoms with Crippen LogP contribution in [0, 0.1) is 0 Å². The number of carbonyl (C=O) groups excluding carboxylic acids is 1. The van der Waals surface area contributed by atoms with Crippen LogP contribution in [0.25, 0.3) is 0 Å². The first-order valence-electron chi connectivity index (χ1n) is 5.48. The summed E-state index contributed by atoms with van der Waals surface area (Å²) in [4.78, 5) is 11.4. The number of benzene rings is 1. The van der Waals surface area contributed by atoms with E-state index >= 15 is 0 Å². The van der Waals surface area contributed by atoms with Gasteiger partial charge in [-0.15, -0.1) is 0 Å². The lowest BCUT2D eigenvalue weighted by Gasteiger charge is -2.10. The zero-order valence-electron chi connectivity index (χ0n) is 10.4. The van der Waals surface area contributed by atoms with Gasteiger partial charge in [-0.1, -0.05) is 6.92 Å². The van der Waals surface area contributed by atoms with Crippen LogP contribution in [0.15, 0.2) is 18.2 Å². The van der Waals surface area contributed by atoms with E-state index in [-0.39, 0.29) is 6.03 Å². The molecule has 1 aromatic carbocycles. The molecule has 0 aromatic heterocycles. The van der Waals surface area contributed by atoms with Gasteiger partial charge in [0.1, 0.15) is 0 Å². The molecule has 0 radical (unpaired) electrons. The summed E-state index contributed by atoms with van der Waals surface area (Å²) in [6, 6.07) is 4.99. The van der Waals surface area contributed by atoms with Gasteiger partial charge < -0.3 is 20.1 Å². The Morgan fingerprint density at radius 1 is 1.24 bits per heavy atom. The average molecular weight is 238 g/mol. The number of anilines is 1. The minimum Gasteiger partial charge on any atom is -0.493 e. The summed E-state index contributed by atoms with van der Waals surface area (Å²) in [5.74, 6) is 1.22. The van der Waals surface area contributed by atoms with E-state index in [4.69, 9.17) is 9.47 Å². The fourth-order valence-electron chi connectivity index (χ4n) is 1.33. The molecule has 0 saturated heterocycles. The molecule has 2 amide bonds. The lowest BCUT2D eigenvalue weighted by atomic mass is 10.3. The number of amides is 2. The van der Waals surface area contributed by atoms with Gasteiger partial charge in [0.2, 0.25) is 0 Å². The van der Waals surface area contributed by atoms with Crippen LogP contribution in [-0.4, -0.2) is 26.8 Å². The van der Waals surface area contributed by atoms with E-state index in [0.29, 0.717) is 23.7 Å². The van der Waals surface area contributed by atoms with Crippen LogP contribution in [0.5, 0.6) is 11.5 Å². The number of methoxy groups -OCH3 is 2. The van der Waals surface area contributed by atoms with Gasteiger partial charge in [0.15, 0.2) is 11.5 Å². The minimum absolute atomic E-state index is 0.223. The second kappa shape index (κ2) is 6.62. The number of urea groups is 1. The summed E-state index contributed by atoms with van der Waals surface area (Å²) >= 11 is 0. The maximum atomic E-state index is 11.4. The fraction of sp³-hybridized carbons (Fsp3) is 0.417. The van der Waals surface area contributed by atoms with E-state index in [1.54, 1.807) is 32.4 Å².